The van der Waals surface area contributed by atoms with E-state index in [9.17, 15) is 14.4 Å². The average molecular weight is 287 g/mol. The molecule has 2 N–H and O–H groups in total. The summed E-state index contributed by atoms with van der Waals surface area (Å²) in [6, 6.07) is -1.21. The molecule has 0 aliphatic heterocycles. The summed E-state index contributed by atoms with van der Waals surface area (Å²) in [5.41, 5.74) is -0.726. The van der Waals surface area contributed by atoms with Gasteiger partial charge >= 0.3 is 18.0 Å². The number of carbonyl (C=O) groups excluding carboxylic acids is 2. The molecule has 0 spiro atoms. The second-order valence-corrected chi connectivity index (χ2v) is 5.05. The smallest absolute Gasteiger partial charge is 0.408 e. The number of hydrogen-bond donors (Lipinski definition) is 2. The molecule has 0 aliphatic carbocycles. The van der Waals surface area contributed by atoms with E-state index in [2.05, 4.69) is 11.9 Å². The van der Waals surface area contributed by atoms with Crippen molar-refractivity contribution in [3.8, 4) is 0 Å². The maximum absolute atomic E-state index is 11.5. The number of esters is 1. The number of carbonyl (C=O) groups is 3. The van der Waals surface area contributed by atoms with Crippen LogP contribution in [0.2, 0.25) is 0 Å². The monoisotopic (exact) mass is 287 g/mol. The number of ether oxygens (including phenoxy) is 2. The van der Waals surface area contributed by atoms with Crippen LogP contribution in [0.3, 0.4) is 0 Å². The van der Waals surface area contributed by atoms with Gasteiger partial charge < -0.3 is 19.9 Å². The van der Waals surface area contributed by atoms with Crippen molar-refractivity contribution in [2.24, 2.45) is 0 Å². The number of amides is 1. The van der Waals surface area contributed by atoms with E-state index in [1.807, 2.05) is 0 Å². The summed E-state index contributed by atoms with van der Waals surface area (Å²) in [4.78, 5) is 33.7. The lowest BCUT2D eigenvalue weighted by Gasteiger charge is -2.21. The molecule has 0 aliphatic rings. The van der Waals surface area contributed by atoms with Crippen molar-refractivity contribution in [1.29, 1.82) is 0 Å². The van der Waals surface area contributed by atoms with Crippen molar-refractivity contribution in [1.82, 2.24) is 5.32 Å². The molecule has 0 heterocycles. The molecule has 0 saturated carbocycles. The van der Waals surface area contributed by atoms with Crippen molar-refractivity contribution in [3.05, 3.63) is 12.7 Å². The lowest BCUT2D eigenvalue weighted by atomic mass is 10.1. The van der Waals surface area contributed by atoms with Gasteiger partial charge in [-0.1, -0.05) is 12.7 Å². The van der Waals surface area contributed by atoms with E-state index < -0.39 is 29.7 Å². The molecular formula is C13H21NO6. The highest BCUT2D eigenvalue weighted by atomic mass is 16.6. The molecule has 7 nitrogen and oxygen atoms in total. The first-order chi connectivity index (χ1) is 9.15. The van der Waals surface area contributed by atoms with Crippen LogP contribution >= 0.6 is 0 Å². The SMILES string of the molecule is C=CCOC(=O)CCC(NC(=O)OC(C)(C)C)C(=O)O. The Labute approximate surface area is 117 Å². The lowest BCUT2D eigenvalue weighted by molar-refractivity contribution is -0.143. The van der Waals surface area contributed by atoms with Gasteiger partial charge in [-0.3, -0.25) is 4.79 Å². The summed E-state index contributed by atoms with van der Waals surface area (Å²) >= 11 is 0. The zero-order chi connectivity index (χ0) is 15.8. The fourth-order valence-corrected chi connectivity index (χ4v) is 1.19. The second-order valence-electron chi connectivity index (χ2n) is 5.05. The van der Waals surface area contributed by atoms with E-state index >= 15 is 0 Å². The minimum atomic E-state index is -1.24. The molecule has 0 aromatic rings. The molecule has 1 atom stereocenters. The maximum atomic E-state index is 11.5. The summed E-state index contributed by atoms with van der Waals surface area (Å²) < 4.78 is 9.66. The molecule has 7 heteroatoms. The Bertz CT molecular complexity index is 372. The average Bonchev–Trinajstić information content (AvgIpc) is 2.29. The van der Waals surface area contributed by atoms with E-state index in [-0.39, 0.29) is 19.4 Å². The highest BCUT2D eigenvalue weighted by Gasteiger charge is 2.24. The Kier molecular flexibility index (Phi) is 7.35. The van der Waals surface area contributed by atoms with Crippen molar-refractivity contribution in [2.75, 3.05) is 6.61 Å². The molecule has 114 valence electrons. The number of rotatable bonds is 7. The second kappa shape index (κ2) is 8.19. The third-order valence-electron chi connectivity index (χ3n) is 1.99. The Morgan fingerprint density at radius 3 is 2.40 bits per heavy atom. The highest BCUT2D eigenvalue weighted by molar-refractivity contribution is 5.80. The topological polar surface area (TPSA) is 102 Å². The van der Waals surface area contributed by atoms with Crippen LogP contribution in [-0.2, 0) is 19.1 Å². The van der Waals surface area contributed by atoms with Crippen molar-refractivity contribution < 1.29 is 29.0 Å². The predicted octanol–water partition coefficient (Wildman–Crippen LogP) is 1.47. The van der Waals surface area contributed by atoms with Crippen LogP contribution in [-0.4, -0.2) is 41.4 Å². The van der Waals surface area contributed by atoms with Crippen LogP contribution in [0.4, 0.5) is 4.79 Å². The summed E-state index contributed by atoms with van der Waals surface area (Å²) in [5, 5.41) is 11.2. The van der Waals surface area contributed by atoms with Crippen LogP contribution in [0.1, 0.15) is 33.6 Å². The summed E-state index contributed by atoms with van der Waals surface area (Å²) in [7, 11) is 0. The number of carboxylic acid groups (broad SMARTS) is 1. The molecule has 1 unspecified atom stereocenters. The van der Waals surface area contributed by atoms with Gasteiger partial charge in [0.25, 0.3) is 0 Å². The number of carboxylic acids is 1. The van der Waals surface area contributed by atoms with Crippen LogP contribution < -0.4 is 5.32 Å². The summed E-state index contributed by atoms with van der Waals surface area (Å²) in [5.74, 6) is -1.80. The minimum Gasteiger partial charge on any atom is -0.480 e. The van der Waals surface area contributed by atoms with E-state index in [1.165, 1.54) is 6.08 Å². The lowest BCUT2D eigenvalue weighted by Crippen LogP contribution is -2.43. The Hall–Kier alpha value is -2.05. The van der Waals surface area contributed by atoms with Gasteiger partial charge in [0.05, 0.1) is 0 Å². The molecule has 0 bridgehead atoms. The van der Waals surface area contributed by atoms with Crippen LogP contribution in [0.15, 0.2) is 12.7 Å². The molecule has 20 heavy (non-hydrogen) atoms. The summed E-state index contributed by atoms with van der Waals surface area (Å²) in [6.45, 7) is 8.44. The van der Waals surface area contributed by atoms with E-state index in [0.717, 1.165) is 0 Å². The van der Waals surface area contributed by atoms with E-state index in [1.54, 1.807) is 20.8 Å². The quantitative estimate of drug-likeness (QED) is 0.543. The fourth-order valence-electron chi connectivity index (χ4n) is 1.19. The highest BCUT2D eigenvalue weighted by Crippen LogP contribution is 2.08. The van der Waals surface area contributed by atoms with Gasteiger partial charge in [0, 0.05) is 6.42 Å². The van der Waals surface area contributed by atoms with Gasteiger partial charge in [-0.15, -0.1) is 0 Å². The van der Waals surface area contributed by atoms with Gasteiger partial charge in [0.15, 0.2) is 0 Å². The molecule has 0 saturated heterocycles. The first-order valence-corrected chi connectivity index (χ1v) is 6.14. The van der Waals surface area contributed by atoms with Crippen LogP contribution in [0.25, 0.3) is 0 Å². The third kappa shape index (κ3) is 8.96. The number of alkyl carbamates (subject to hydrolysis) is 1. The fraction of sp³-hybridized carbons (Fsp3) is 0.615. The Morgan fingerprint density at radius 1 is 1.35 bits per heavy atom. The first-order valence-electron chi connectivity index (χ1n) is 6.14. The number of aliphatic carboxylic acids is 1. The molecule has 0 radical (unpaired) electrons. The zero-order valence-electron chi connectivity index (χ0n) is 12.0. The van der Waals surface area contributed by atoms with Crippen molar-refractivity contribution in [2.45, 2.75) is 45.3 Å². The van der Waals surface area contributed by atoms with E-state index in [0.29, 0.717) is 0 Å². The van der Waals surface area contributed by atoms with Gasteiger partial charge in [0.1, 0.15) is 18.2 Å². The van der Waals surface area contributed by atoms with Crippen molar-refractivity contribution >= 4 is 18.0 Å². The normalized spacial score (nSPS) is 12.2. The number of hydrogen-bond acceptors (Lipinski definition) is 5. The molecule has 0 fully saturated rings. The van der Waals surface area contributed by atoms with E-state index in [4.69, 9.17) is 14.6 Å². The molecule has 0 aromatic carbocycles. The third-order valence-corrected chi connectivity index (χ3v) is 1.99. The van der Waals surface area contributed by atoms with Gasteiger partial charge in [-0.05, 0) is 27.2 Å². The first kappa shape index (κ1) is 17.9. The Morgan fingerprint density at radius 2 is 1.95 bits per heavy atom. The standard InChI is InChI=1S/C13H21NO6/c1-5-8-19-10(15)7-6-9(11(16)17)14-12(18)20-13(2,3)4/h5,9H,1,6-8H2,2-4H3,(H,14,18)(H,16,17). The number of nitrogens with one attached hydrogen (secondary N) is 1. The largest absolute Gasteiger partial charge is 0.480 e. The predicted molar refractivity (Wildman–Crippen MR) is 71.2 cm³/mol. The van der Waals surface area contributed by atoms with Gasteiger partial charge in [-0.25, -0.2) is 9.59 Å². The maximum Gasteiger partial charge on any atom is 0.408 e. The Balaban J connectivity index is 4.30. The van der Waals surface area contributed by atoms with Crippen LogP contribution in [0, 0.1) is 0 Å². The molecule has 0 aromatic heterocycles. The minimum absolute atomic E-state index is 0.0655. The van der Waals surface area contributed by atoms with Crippen molar-refractivity contribution in [3.63, 3.8) is 0 Å². The van der Waals surface area contributed by atoms with Crippen LogP contribution in [0.5, 0.6) is 0 Å². The molecule has 0 rings (SSSR count). The molecular weight excluding hydrogens is 266 g/mol. The molecule has 1 amide bonds. The zero-order valence-corrected chi connectivity index (χ0v) is 12.0. The van der Waals surface area contributed by atoms with Gasteiger partial charge in [-0.2, -0.15) is 0 Å². The summed E-state index contributed by atoms with van der Waals surface area (Å²) in [6.07, 6.45) is 0.362. The van der Waals surface area contributed by atoms with Gasteiger partial charge in [0.2, 0.25) is 0 Å².